The van der Waals surface area contributed by atoms with Crippen LogP contribution in [0.2, 0.25) is 5.02 Å². The molecule has 1 rings (SSSR count). The first-order chi connectivity index (χ1) is 7.50. The predicted molar refractivity (Wildman–Crippen MR) is 71.9 cm³/mol. The van der Waals surface area contributed by atoms with Crippen LogP contribution in [0.25, 0.3) is 0 Å². The van der Waals surface area contributed by atoms with Crippen molar-refractivity contribution in [2.45, 2.75) is 37.9 Å². The summed E-state index contributed by atoms with van der Waals surface area (Å²) < 4.78 is 13.5. The van der Waals surface area contributed by atoms with Crippen LogP contribution in [0.3, 0.4) is 0 Å². The molecule has 0 nitrogen and oxygen atoms in total. The lowest BCUT2D eigenvalue weighted by Gasteiger charge is -2.13. The largest absolute Gasteiger partial charge is 0.207 e. The van der Waals surface area contributed by atoms with Crippen LogP contribution in [0.15, 0.2) is 18.2 Å². The van der Waals surface area contributed by atoms with Crippen LogP contribution in [0, 0.1) is 11.7 Å². The van der Waals surface area contributed by atoms with Crippen LogP contribution < -0.4 is 0 Å². The van der Waals surface area contributed by atoms with E-state index in [1.54, 1.807) is 12.1 Å². The highest BCUT2D eigenvalue weighted by molar-refractivity contribution is 9.09. The summed E-state index contributed by atoms with van der Waals surface area (Å²) in [4.78, 5) is 0.296. The van der Waals surface area contributed by atoms with E-state index in [1.165, 1.54) is 6.07 Å². The van der Waals surface area contributed by atoms with Crippen molar-refractivity contribution < 1.29 is 4.39 Å². The van der Waals surface area contributed by atoms with E-state index < -0.39 is 0 Å². The predicted octanol–water partition coefficient (Wildman–Crippen LogP) is 5.22. The van der Waals surface area contributed by atoms with E-state index in [1.807, 2.05) is 0 Å². The highest BCUT2D eigenvalue weighted by Crippen LogP contribution is 2.25. The molecular formula is C13H17BrClF. The summed E-state index contributed by atoms with van der Waals surface area (Å²) in [6, 6.07) is 4.84. The van der Waals surface area contributed by atoms with E-state index in [4.69, 9.17) is 11.6 Å². The number of benzene rings is 1. The van der Waals surface area contributed by atoms with Crippen LogP contribution in [-0.2, 0) is 6.42 Å². The summed E-state index contributed by atoms with van der Waals surface area (Å²) in [7, 11) is 0. The Balaban J connectivity index is 2.59. The molecular weight excluding hydrogens is 290 g/mol. The summed E-state index contributed by atoms with van der Waals surface area (Å²) in [5.74, 6) is 0.470. The maximum Gasteiger partial charge on any atom is 0.127 e. The Morgan fingerprint density at radius 3 is 2.56 bits per heavy atom. The number of rotatable bonds is 5. The van der Waals surface area contributed by atoms with Gasteiger partial charge in [-0.25, -0.2) is 4.39 Å². The molecule has 0 saturated carbocycles. The molecule has 1 aromatic rings. The molecule has 0 saturated heterocycles. The molecule has 0 aliphatic rings. The fourth-order valence-electron chi connectivity index (χ4n) is 1.57. The van der Waals surface area contributed by atoms with E-state index in [0.29, 0.717) is 27.8 Å². The van der Waals surface area contributed by atoms with Gasteiger partial charge in [0.05, 0.1) is 0 Å². The normalized spacial score (nSPS) is 13.1. The van der Waals surface area contributed by atoms with E-state index in [9.17, 15) is 4.39 Å². The zero-order valence-corrected chi connectivity index (χ0v) is 12.0. The minimum absolute atomic E-state index is 0.207. The van der Waals surface area contributed by atoms with Gasteiger partial charge in [0.25, 0.3) is 0 Å². The Morgan fingerprint density at radius 2 is 2.00 bits per heavy atom. The van der Waals surface area contributed by atoms with E-state index >= 15 is 0 Å². The Labute approximate surface area is 110 Å². The lowest BCUT2D eigenvalue weighted by molar-refractivity contribution is 0.541. The second-order valence-corrected chi connectivity index (χ2v) is 6.17. The lowest BCUT2D eigenvalue weighted by Crippen LogP contribution is -2.06. The zero-order chi connectivity index (χ0) is 12.1. The molecule has 0 heterocycles. The van der Waals surface area contributed by atoms with Gasteiger partial charge in [-0.1, -0.05) is 47.4 Å². The van der Waals surface area contributed by atoms with Crippen molar-refractivity contribution in [1.82, 2.24) is 0 Å². The maximum absolute atomic E-state index is 13.5. The monoisotopic (exact) mass is 306 g/mol. The third-order valence-corrected chi connectivity index (χ3v) is 3.68. The molecule has 90 valence electrons. The van der Waals surface area contributed by atoms with Gasteiger partial charge in [0.15, 0.2) is 0 Å². The van der Waals surface area contributed by atoms with Crippen molar-refractivity contribution >= 4 is 27.5 Å². The second-order valence-electron chi connectivity index (χ2n) is 4.47. The van der Waals surface area contributed by atoms with Crippen LogP contribution in [0.1, 0.15) is 32.3 Å². The van der Waals surface area contributed by atoms with Crippen LogP contribution in [-0.4, -0.2) is 4.83 Å². The Hall–Kier alpha value is -0.0800. The summed E-state index contributed by atoms with van der Waals surface area (Å²) in [6.07, 6.45) is 2.84. The van der Waals surface area contributed by atoms with Crippen LogP contribution in [0.4, 0.5) is 4.39 Å². The molecule has 0 spiro atoms. The number of hydrogen-bond donors (Lipinski definition) is 0. The van der Waals surface area contributed by atoms with Crippen LogP contribution in [0.5, 0.6) is 0 Å². The quantitative estimate of drug-likeness (QED) is 0.654. The number of hydrogen-bond acceptors (Lipinski definition) is 0. The third-order valence-electron chi connectivity index (χ3n) is 2.54. The molecule has 3 heteroatoms. The standard InChI is InChI=1S/C13H17BrClF/c1-9(2)6-7-10(14)8-11-12(15)4-3-5-13(11)16/h3-5,9-10H,6-8H2,1-2H3. The first kappa shape index (κ1) is 14.0. The topological polar surface area (TPSA) is 0 Å². The SMILES string of the molecule is CC(C)CCC(Br)Cc1c(F)cccc1Cl. The smallest absolute Gasteiger partial charge is 0.127 e. The summed E-state index contributed by atoms with van der Waals surface area (Å²) in [5, 5.41) is 0.522. The molecule has 0 aromatic heterocycles. The van der Waals surface area contributed by atoms with Gasteiger partial charge in [0.1, 0.15) is 5.82 Å². The van der Waals surface area contributed by atoms with Crippen molar-refractivity contribution in [3.63, 3.8) is 0 Å². The minimum Gasteiger partial charge on any atom is -0.207 e. The van der Waals surface area contributed by atoms with E-state index in [-0.39, 0.29) is 5.82 Å². The second kappa shape index (κ2) is 6.61. The van der Waals surface area contributed by atoms with Crippen molar-refractivity contribution in [1.29, 1.82) is 0 Å². The molecule has 0 fully saturated rings. The summed E-state index contributed by atoms with van der Waals surface area (Å²) in [5.41, 5.74) is 0.620. The molecule has 0 radical (unpaired) electrons. The van der Waals surface area contributed by atoms with Crippen LogP contribution >= 0.6 is 27.5 Å². The minimum atomic E-state index is -0.207. The van der Waals surface area contributed by atoms with Crippen molar-refractivity contribution in [3.05, 3.63) is 34.6 Å². The fourth-order valence-corrected chi connectivity index (χ4v) is 2.39. The molecule has 1 aromatic carbocycles. The Bertz CT molecular complexity index is 318. The molecule has 1 unspecified atom stereocenters. The summed E-state index contributed by atoms with van der Waals surface area (Å²) >= 11 is 9.56. The maximum atomic E-state index is 13.5. The van der Waals surface area contributed by atoms with Crippen molar-refractivity contribution in [2.75, 3.05) is 0 Å². The fraction of sp³-hybridized carbons (Fsp3) is 0.538. The van der Waals surface area contributed by atoms with Gasteiger partial charge in [0, 0.05) is 15.4 Å². The molecule has 0 amide bonds. The van der Waals surface area contributed by atoms with Gasteiger partial charge >= 0.3 is 0 Å². The van der Waals surface area contributed by atoms with Gasteiger partial charge < -0.3 is 0 Å². The molecule has 16 heavy (non-hydrogen) atoms. The van der Waals surface area contributed by atoms with Crippen molar-refractivity contribution in [2.24, 2.45) is 5.92 Å². The van der Waals surface area contributed by atoms with Gasteiger partial charge in [0.2, 0.25) is 0 Å². The lowest BCUT2D eigenvalue weighted by atomic mass is 10.0. The number of halogens is 3. The molecule has 0 aliphatic heterocycles. The Kier molecular flexibility index (Phi) is 5.77. The molecule has 0 bridgehead atoms. The molecule has 1 atom stereocenters. The van der Waals surface area contributed by atoms with Gasteiger partial charge in [-0.15, -0.1) is 0 Å². The van der Waals surface area contributed by atoms with E-state index in [2.05, 4.69) is 29.8 Å². The first-order valence-electron chi connectivity index (χ1n) is 5.57. The number of alkyl halides is 1. The first-order valence-corrected chi connectivity index (χ1v) is 6.87. The average Bonchev–Trinajstić information content (AvgIpc) is 2.21. The van der Waals surface area contributed by atoms with E-state index in [0.717, 1.165) is 12.8 Å². The summed E-state index contributed by atoms with van der Waals surface area (Å²) in [6.45, 7) is 4.38. The van der Waals surface area contributed by atoms with Crippen molar-refractivity contribution in [3.8, 4) is 0 Å². The van der Waals surface area contributed by atoms with Gasteiger partial charge in [-0.05, 0) is 37.3 Å². The zero-order valence-electron chi connectivity index (χ0n) is 9.64. The molecule has 0 N–H and O–H groups in total. The Morgan fingerprint density at radius 1 is 1.31 bits per heavy atom. The third kappa shape index (κ3) is 4.42. The average molecular weight is 308 g/mol. The highest BCUT2D eigenvalue weighted by atomic mass is 79.9. The molecule has 0 aliphatic carbocycles. The highest BCUT2D eigenvalue weighted by Gasteiger charge is 2.12. The van der Waals surface area contributed by atoms with Gasteiger partial charge in [-0.2, -0.15) is 0 Å². The van der Waals surface area contributed by atoms with Gasteiger partial charge in [-0.3, -0.25) is 0 Å².